The molecule has 1 aromatic heterocycles. The second kappa shape index (κ2) is 7.33. The fourth-order valence-corrected chi connectivity index (χ4v) is 1.84. The molecule has 0 fully saturated rings. The fourth-order valence-electron chi connectivity index (χ4n) is 0.961. The van der Waals surface area contributed by atoms with Gasteiger partial charge in [-0.15, -0.1) is 23.7 Å². The minimum absolute atomic E-state index is 0. The van der Waals surface area contributed by atoms with Crippen molar-refractivity contribution in [2.75, 3.05) is 20.3 Å². The third-order valence-corrected chi connectivity index (χ3v) is 2.76. The standard InChI is InChI=1S/C9H15NOS.ClH/c1-8-3-6-12-9(8)7-10-4-5-11-2;/h3,6,10H,4-5,7H2,1-2H3;1H. The molecule has 0 saturated heterocycles. The molecule has 0 amide bonds. The summed E-state index contributed by atoms with van der Waals surface area (Å²) < 4.78 is 4.93. The number of rotatable bonds is 5. The molecular weight excluding hydrogens is 206 g/mol. The summed E-state index contributed by atoms with van der Waals surface area (Å²) >= 11 is 1.80. The van der Waals surface area contributed by atoms with Gasteiger partial charge in [0.2, 0.25) is 0 Å². The van der Waals surface area contributed by atoms with Gasteiger partial charge in [0.25, 0.3) is 0 Å². The third-order valence-electron chi connectivity index (χ3n) is 1.74. The zero-order valence-corrected chi connectivity index (χ0v) is 9.63. The Morgan fingerprint density at radius 1 is 1.54 bits per heavy atom. The van der Waals surface area contributed by atoms with E-state index < -0.39 is 0 Å². The van der Waals surface area contributed by atoms with Crippen LogP contribution in [-0.4, -0.2) is 20.3 Å². The van der Waals surface area contributed by atoms with Crippen LogP contribution in [0, 0.1) is 6.92 Å². The van der Waals surface area contributed by atoms with Crippen molar-refractivity contribution in [2.24, 2.45) is 0 Å². The predicted molar refractivity (Wildman–Crippen MR) is 59.9 cm³/mol. The Bertz CT molecular complexity index is 227. The normalized spacial score (nSPS) is 9.69. The molecule has 0 saturated carbocycles. The van der Waals surface area contributed by atoms with Crippen molar-refractivity contribution in [3.05, 3.63) is 21.9 Å². The molecule has 76 valence electrons. The van der Waals surface area contributed by atoms with Crippen molar-refractivity contribution in [2.45, 2.75) is 13.5 Å². The lowest BCUT2D eigenvalue weighted by Gasteiger charge is -2.02. The van der Waals surface area contributed by atoms with Gasteiger partial charge in [-0.2, -0.15) is 0 Å². The summed E-state index contributed by atoms with van der Waals surface area (Å²) in [5.74, 6) is 0. The molecule has 1 N–H and O–H groups in total. The minimum Gasteiger partial charge on any atom is -0.383 e. The highest BCUT2D eigenvalue weighted by Crippen LogP contribution is 2.14. The van der Waals surface area contributed by atoms with Gasteiger partial charge in [-0.3, -0.25) is 0 Å². The maximum Gasteiger partial charge on any atom is 0.0587 e. The molecule has 0 radical (unpaired) electrons. The monoisotopic (exact) mass is 221 g/mol. The van der Waals surface area contributed by atoms with Gasteiger partial charge >= 0.3 is 0 Å². The minimum atomic E-state index is 0. The van der Waals surface area contributed by atoms with Crippen LogP contribution in [0.15, 0.2) is 11.4 Å². The molecule has 4 heteroatoms. The van der Waals surface area contributed by atoms with E-state index >= 15 is 0 Å². The summed E-state index contributed by atoms with van der Waals surface area (Å²) in [4.78, 5) is 1.42. The maximum atomic E-state index is 4.93. The molecule has 0 aromatic carbocycles. The maximum absolute atomic E-state index is 4.93. The molecule has 0 aliphatic heterocycles. The van der Waals surface area contributed by atoms with Gasteiger partial charge in [-0.1, -0.05) is 0 Å². The Morgan fingerprint density at radius 3 is 2.85 bits per heavy atom. The van der Waals surface area contributed by atoms with Gasteiger partial charge in [0, 0.05) is 25.1 Å². The van der Waals surface area contributed by atoms with Crippen LogP contribution in [0.3, 0.4) is 0 Å². The van der Waals surface area contributed by atoms with Crippen molar-refractivity contribution < 1.29 is 4.74 Å². The highest BCUT2D eigenvalue weighted by Gasteiger charge is 1.97. The lowest BCUT2D eigenvalue weighted by molar-refractivity contribution is 0.199. The Morgan fingerprint density at radius 2 is 2.31 bits per heavy atom. The van der Waals surface area contributed by atoms with E-state index in [0.717, 1.165) is 19.7 Å². The molecule has 0 unspecified atom stereocenters. The first-order chi connectivity index (χ1) is 5.84. The average Bonchev–Trinajstić information content (AvgIpc) is 2.46. The second-order valence-electron chi connectivity index (χ2n) is 2.70. The predicted octanol–water partition coefficient (Wildman–Crippen LogP) is 2.21. The quantitative estimate of drug-likeness (QED) is 0.770. The van der Waals surface area contributed by atoms with E-state index in [4.69, 9.17) is 4.74 Å². The van der Waals surface area contributed by atoms with Crippen LogP contribution >= 0.6 is 23.7 Å². The number of hydrogen-bond donors (Lipinski definition) is 1. The summed E-state index contributed by atoms with van der Waals surface area (Å²) in [6, 6.07) is 2.15. The lowest BCUT2D eigenvalue weighted by atomic mass is 10.3. The van der Waals surface area contributed by atoms with Crippen molar-refractivity contribution in [1.82, 2.24) is 5.32 Å². The van der Waals surface area contributed by atoms with Gasteiger partial charge in [0.1, 0.15) is 0 Å². The summed E-state index contributed by atoms with van der Waals surface area (Å²) in [6.45, 7) is 4.81. The van der Waals surface area contributed by atoms with E-state index in [1.54, 1.807) is 18.4 Å². The van der Waals surface area contributed by atoms with Crippen molar-refractivity contribution in [3.63, 3.8) is 0 Å². The van der Waals surface area contributed by atoms with E-state index in [1.807, 2.05) is 0 Å². The average molecular weight is 222 g/mol. The number of hydrogen-bond acceptors (Lipinski definition) is 3. The van der Waals surface area contributed by atoms with Crippen molar-refractivity contribution in [3.8, 4) is 0 Å². The lowest BCUT2D eigenvalue weighted by Crippen LogP contribution is -2.18. The molecular formula is C9H16ClNOS. The first-order valence-electron chi connectivity index (χ1n) is 4.07. The molecule has 0 aliphatic carbocycles. The smallest absolute Gasteiger partial charge is 0.0587 e. The molecule has 0 aliphatic rings. The van der Waals surface area contributed by atoms with E-state index in [2.05, 4.69) is 23.7 Å². The Hall–Kier alpha value is -0.0900. The van der Waals surface area contributed by atoms with E-state index in [0.29, 0.717) is 0 Å². The fraction of sp³-hybridized carbons (Fsp3) is 0.556. The van der Waals surface area contributed by atoms with E-state index in [-0.39, 0.29) is 12.4 Å². The first-order valence-corrected chi connectivity index (χ1v) is 4.95. The molecule has 1 rings (SSSR count). The highest BCUT2D eigenvalue weighted by molar-refractivity contribution is 7.10. The van der Waals surface area contributed by atoms with E-state index in [1.165, 1.54) is 10.4 Å². The Kier molecular flexibility index (Phi) is 7.28. The largest absolute Gasteiger partial charge is 0.383 e. The molecule has 2 nitrogen and oxygen atoms in total. The number of halogens is 1. The summed E-state index contributed by atoms with van der Waals surface area (Å²) in [5.41, 5.74) is 1.38. The van der Waals surface area contributed by atoms with Crippen LogP contribution in [-0.2, 0) is 11.3 Å². The molecule has 13 heavy (non-hydrogen) atoms. The summed E-state index contributed by atoms with van der Waals surface area (Å²) in [6.07, 6.45) is 0. The van der Waals surface area contributed by atoms with Crippen LogP contribution in [0.4, 0.5) is 0 Å². The number of ether oxygens (including phenoxy) is 1. The number of aryl methyl sites for hydroxylation is 1. The SMILES string of the molecule is COCCNCc1sccc1C.Cl. The van der Waals surface area contributed by atoms with Gasteiger partial charge in [-0.05, 0) is 23.9 Å². The second-order valence-corrected chi connectivity index (χ2v) is 3.70. The zero-order chi connectivity index (χ0) is 8.81. The van der Waals surface area contributed by atoms with Crippen LogP contribution in [0.1, 0.15) is 10.4 Å². The molecule has 1 aromatic rings. The summed E-state index contributed by atoms with van der Waals surface area (Å²) in [5, 5.41) is 5.44. The molecule has 0 bridgehead atoms. The first kappa shape index (κ1) is 12.9. The molecule has 0 atom stereocenters. The molecule has 1 heterocycles. The van der Waals surface area contributed by atoms with Gasteiger partial charge in [0.05, 0.1) is 6.61 Å². The number of nitrogens with one attached hydrogen (secondary N) is 1. The van der Waals surface area contributed by atoms with Crippen LogP contribution in [0.2, 0.25) is 0 Å². The third kappa shape index (κ3) is 4.62. The number of methoxy groups -OCH3 is 1. The van der Waals surface area contributed by atoms with E-state index in [9.17, 15) is 0 Å². The molecule has 0 spiro atoms. The van der Waals surface area contributed by atoms with Crippen LogP contribution in [0.25, 0.3) is 0 Å². The highest BCUT2D eigenvalue weighted by atomic mass is 35.5. The van der Waals surface area contributed by atoms with Crippen molar-refractivity contribution >= 4 is 23.7 Å². The topological polar surface area (TPSA) is 21.3 Å². The summed E-state index contributed by atoms with van der Waals surface area (Å²) in [7, 11) is 1.72. The van der Waals surface area contributed by atoms with Gasteiger partial charge in [0.15, 0.2) is 0 Å². The van der Waals surface area contributed by atoms with Gasteiger partial charge < -0.3 is 10.1 Å². The Labute approximate surface area is 89.7 Å². The van der Waals surface area contributed by atoms with Crippen molar-refractivity contribution in [1.29, 1.82) is 0 Å². The van der Waals surface area contributed by atoms with Crippen LogP contribution < -0.4 is 5.32 Å². The van der Waals surface area contributed by atoms with Crippen LogP contribution in [0.5, 0.6) is 0 Å². The zero-order valence-electron chi connectivity index (χ0n) is 8.00. The van der Waals surface area contributed by atoms with Gasteiger partial charge in [-0.25, -0.2) is 0 Å². The Balaban J connectivity index is 0.00000144. The number of thiophene rings is 1.